The highest BCUT2D eigenvalue weighted by molar-refractivity contribution is 5.45. The molecule has 1 unspecified atom stereocenters. The molecule has 0 saturated carbocycles. The van der Waals surface area contributed by atoms with Gasteiger partial charge in [-0.3, -0.25) is 0 Å². The minimum atomic E-state index is 0.373. The molecule has 0 bridgehead atoms. The van der Waals surface area contributed by atoms with Gasteiger partial charge < -0.3 is 10.1 Å². The van der Waals surface area contributed by atoms with Crippen molar-refractivity contribution in [3.63, 3.8) is 0 Å². The van der Waals surface area contributed by atoms with Gasteiger partial charge in [0.1, 0.15) is 5.75 Å². The molecule has 0 aromatic heterocycles. The van der Waals surface area contributed by atoms with E-state index in [2.05, 4.69) is 61.6 Å². The molecule has 0 aliphatic carbocycles. The number of aryl methyl sites for hydroxylation is 2. The van der Waals surface area contributed by atoms with Crippen LogP contribution in [0.2, 0.25) is 0 Å². The lowest BCUT2D eigenvalue weighted by atomic mass is 9.96. The largest absolute Gasteiger partial charge is 0.496 e. The van der Waals surface area contributed by atoms with E-state index in [1.807, 2.05) is 7.05 Å². The summed E-state index contributed by atoms with van der Waals surface area (Å²) in [5, 5.41) is 3.41. The summed E-state index contributed by atoms with van der Waals surface area (Å²) in [6.07, 6.45) is 2.06. The fraction of sp³-hybridized carbons (Fsp3) is 0.368. The van der Waals surface area contributed by atoms with Crippen molar-refractivity contribution >= 4 is 0 Å². The van der Waals surface area contributed by atoms with E-state index < -0.39 is 0 Å². The first kappa shape index (κ1) is 15.6. The van der Waals surface area contributed by atoms with E-state index in [-0.39, 0.29) is 0 Å². The second-order valence-electron chi connectivity index (χ2n) is 5.49. The highest BCUT2D eigenvalue weighted by atomic mass is 16.5. The Hall–Kier alpha value is -1.80. The number of hydrogen-bond donors (Lipinski definition) is 1. The fourth-order valence-electron chi connectivity index (χ4n) is 2.79. The summed E-state index contributed by atoms with van der Waals surface area (Å²) in [5.41, 5.74) is 5.15. The normalized spacial score (nSPS) is 12.2. The fourth-order valence-corrected chi connectivity index (χ4v) is 2.79. The molecule has 0 saturated heterocycles. The number of nitrogens with one attached hydrogen (secondary N) is 1. The van der Waals surface area contributed by atoms with Gasteiger partial charge in [0.05, 0.1) is 7.11 Å². The highest BCUT2D eigenvalue weighted by Gasteiger charge is 2.12. The van der Waals surface area contributed by atoms with Crippen LogP contribution in [0.5, 0.6) is 5.75 Å². The van der Waals surface area contributed by atoms with Crippen LogP contribution in [0.1, 0.15) is 34.7 Å². The minimum Gasteiger partial charge on any atom is -0.496 e. The Balaban J connectivity index is 2.14. The van der Waals surface area contributed by atoms with Crippen molar-refractivity contribution in [3.8, 4) is 5.75 Å². The maximum absolute atomic E-state index is 5.61. The quantitative estimate of drug-likeness (QED) is 0.857. The third kappa shape index (κ3) is 3.64. The average Bonchev–Trinajstić information content (AvgIpc) is 2.52. The first-order valence-corrected chi connectivity index (χ1v) is 7.52. The van der Waals surface area contributed by atoms with Crippen LogP contribution in [0.25, 0.3) is 0 Å². The monoisotopic (exact) mass is 283 g/mol. The van der Waals surface area contributed by atoms with Crippen LogP contribution in [-0.2, 0) is 6.42 Å². The molecule has 2 heteroatoms. The third-order valence-electron chi connectivity index (χ3n) is 4.22. The molecule has 0 heterocycles. The lowest BCUT2D eigenvalue weighted by Gasteiger charge is -2.18. The van der Waals surface area contributed by atoms with E-state index in [1.165, 1.54) is 22.3 Å². The van der Waals surface area contributed by atoms with Crippen LogP contribution in [-0.4, -0.2) is 14.2 Å². The molecule has 0 aliphatic rings. The SMILES string of the molecule is CNC(CCc1ccc(C)c(C)c1OC)c1ccccc1. The van der Waals surface area contributed by atoms with Crippen molar-refractivity contribution in [2.24, 2.45) is 0 Å². The first-order chi connectivity index (χ1) is 10.2. The molecule has 0 fully saturated rings. The molecule has 1 N–H and O–H groups in total. The molecule has 0 spiro atoms. The second kappa shape index (κ2) is 7.28. The zero-order valence-electron chi connectivity index (χ0n) is 13.4. The predicted molar refractivity (Wildman–Crippen MR) is 89.0 cm³/mol. The van der Waals surface area contributed by atoms with Crippen LogP contribution in [0, 0.1) is 13.8 Å². The van der Waals surface area contributed by atoms with Gasteiger partial charge in [0, 0.05) is 6.04 Å². The maximum atomic E-state index is 5.61. The Morgan fingerprint density at radius 3 is 2.38 bits per heavy atom. The Morgan fingerprint density at radius 1 is 1.05 bits per heavy atom. The number of rotatable bonds is 6. The van der Waals surface area contributed by atoms with Gasteiger partial charge in [-0.25, -0.2) is 0 Å². The van der Waals surface area contributed by atoms with Crippen molar-refractivity contribution in [1.29, 1.82) is 0 Å². The molecular weight excluding hydrogens is 258 g/mol. The van der Waals surface area contributed by atoms with Crippen LogP contribution in [0.4, 0.5) is 0 Å². The second-order valence-corrected chi connectivity index (χ2v) is 5.49. The average molecular weight is 283 g/mol. The summed E-state index contributed by atoms with van der Waals surface area (Å²) >= 11 is 0. The summed E-state index contributed by atoms with van der Waals surface area (Å²) in [6, 6.07) is 15.4. The molecule has 2 aromatic carbocycles. The molecule has 112 valence electrons. The van der Waals surface area contributed by atoms with E-state index in [4.69, 9.17) is 4.74 Å². The Bertz CT molecular complexity index is 578. The van der Waals surface area contributed by atoms with Gasteiger partial charge >= 0.3 is 0 Å². The molecule has 2 rings (SSSR count). The van der Waals surface area contributed by atoms with Gasteiger partial charge in [0.25, 0.3) is 0 Å². The lowest BCUT2D eigenvalue weighted by Crippen LogP contribution is -2.17. The lowest BCUT2D eigenvalue weighted by molar-refractivity contribution is 0.404. The van der Waals surface area contributed by atoms with E-state index >= 15 is 0 Å². The summed E-state index contributed by atoms with van der Waals surface area (Å²) in [4.78, 5) is 0. The van der Waals surface area contributed by atoms with Crippen molar-refractivity contribution in [2.45, 2.75) is 32.7 Å². The third-order valence-corrected chi connectivity index (χ3v) is 4.22. The summed E-state index contributed by atoms with van der Waals surface area (Å²) in [6.45, 7) is 4.26. The Kier molecular flexibility index (Phi) is 5.40. The number of hydrogen-bond acceptors (Lipinski definition) is 2. The van der Waals surface area contributed by atoms with Crippen LogP contribution in [0.3, 0.4) is 0 Å². The predicted octanol–water partition coefficient (Wildman–Crippen LogP) is 4.21. The zero-order valence-corrected chi connectivity index (χ0v) is 13.4. The van der Waals surface area contributed by atoms with Gasteiger partial charge in [0.2, 0.25) is 0 Å². The standard InChI is InChI=1S/C19H25NO/c1-14-10-11-17(19(21-4)15(14)2)12-13-18(20-3)16-8-6-5-7-9-16/h5-11,18,20H,12-13H2,1-4H3. The van der Waals surface area contributed by atoms with Crippen LogP contribution in [0.15, 0.2) is 42.5 Å². The number of ether oxygens (including phenoxy) is 1. The first-order valence-electron chi connectivity index (χ1n) is 7.52. The summed E-state index contributed by atoms with van der Waals surface area (Å²) in [5.74, 6) is 1.04. The van der Waals surface area contributed by atoms with Gasteiger partial charge in [-0.05, 0) is 56.0 Å². The van der Waals surface area contributed by atoms with E-state index in [1.54, 1.807) is 7.11 Å². The molecule has 0 radical (unpaired) electrons. The van der Waals surface area contributed by atoms with Gasteiger partial charge in [-0.15, -0.1) is 0 Å². The molecule has 2 aromatic rings. The molecule has 0 aliphatic heterocycles. The van der Waals surface area contributed by atoms with Crippen molar-refractivity contribution in [3.05, 3.63) is 64.7 Å². The van der Waals surface area contributed by atoms with E-state index in [0.29, 0.717) is 6.04 Å². The van der Waals surface area contributed by atoms with Gasteiger partial charge in [-0.1, -0.05) is 42.5 Å². The van der Waals surface area contributed by atoms with Crippen molar-refractivity contribution in [1.82, 2.24) is 5.32 Å². The summed E-state index contributed by atoms with van der Waals surface area (Å²) in [7, 11) is 3.79. The molecule has 21 heavy (non-hydrogen) atoms. The molecular formula is C19H25NO. The Morgan fingerprint density at radius 2 is 1.76 bits per heavy atom. The number of methoxy groups -OCH3 is 1. The number of benzene rings is 2. The topological polar surface area (TPSA) is 21.3 Å². The maximum Gasteiger partial charge on any atom is 0.125 e. The van der Waals surface area contributed by atoms with Crippen LogP contribution >= 0.6 is 0 Å². The van der Waals surface area contributed by atoms with Crippen molar-refractivity contribution in [2.75, 3.05) is 14.2 Å². The molecule has 1 atom stereocenters. The van der Waals surface area contributed by atoms with E-state index in [9.17, 15) is 0 Å². The smallest absolute Gasteiger partial charge is 0.125 e. The minimum absolute atomic E-state index is 0.373. The molecule has 0 amide bonds. The van der Waals surface area contributed by atoms with Crippen molar-refractivity contribution < 1.29 is 4.74 Å². The van der Waals surface area contributed by atoms with E-state index in [0.717, 1.165) is 18.6 Å². The zero-order chi connectivity index (χ0) is 15.2. The van der Waals surface area contributed by atoms with Gasteiger partial charge in [-0.2, -0.15) is 0 Å². The van der Waals surface area contributed by atoms with Crippen LogP contribution < -0.4 is 10.1 Å². The molecule has 2 nitrogen and oxygen atoms in total. The summed E-state index contributed by atoms with van der Waals surface area (Å²) < 4.78 is 5.61. The Labute approximate surface area is 128 Å². The van der Waals surface area contributed by atoms with Gasteiger partial charge in [0.15, 0.2) is 0 Å². The highest BCUT2D eigenvalue weighted by Crippen LogP contribution is 2.29.